The molecule has 6 rings (SSSR count). The SMILES string of the molecule is CCC[C@H](NC(=O)[C@@H]1C[C@]2(CC(c3cccc(Cl)c3)=NO2)CN1C(=O)[C@@H](NC(=O)CC1CCC2(CC1)OCCO2)C(C)(C)C)C(=O)C(=O)CC1CC1. The largest absolute Gasteiger partial charge is 0.387 e. The van der Waals surface area contributed by atoms with Crippen molar-refractivity contribution in [2.24, 2.45) is 22.4 Å². The summed E-state index contributed by atoms with van der Waals surface area (Å²) in [5.41, 5.74) is -0.307. The number of benzene rings is 1. The van der Waals surface area contributed by atoms with Gasteiger partial charge in [-0.25, -0.2) is 0 Å². The molecule has 12 nitrogen and oxygen atoms in total. The van der Waals surface area contributed by atoms with E-state index in [0.717, 1.165) is 44.1 Å². The second-order valence-electron chi connectivity index (χ2n) is 16.6. The number of likely N-dealkylation sites (tertiary alicyclic amines) is 1. The van der Waals surface area contributed by atoms with Gasteiger partial charge in [0.15, 0.2) is 11.4 Å². The minimum atomic E-state index is -1.03. The molecule has 2 aliphatic carbocycles. The van der Waals surface area contributed by atoms with Gasteiger partial charge in [-0.05, 0) is 61.5 Å². The van der Waals surface area contributed by atoms with Gasteiger partial charge in [-0.1, -0.05) is 63.0 Å². The van der Waals surface area contributed by atoms with Gasteiger partial charge in [-0.3, -0.25) is 24.0 Å². The maximum absolute atomic E-state index is 14.7. The van der Waals surface area contributed by atoms with Crippen LogP contribution in [0.15, 0.2) is 29.4 Å². The molecule has 0 unspecified atom stereocenters. The van der Waals surface area contributed by atoms with E-state index < -0.39 is 58.3 Å². The van der Waals surface area contributed by atoms with Crippen LogP contribution in [-0.2, 0) is 38.3 Å². The Balaban J connectivity index is 1.20. The monoisotopic (exact) mass is 740 g/mol. The Kier molecular flexibility index (Phi) is 11.5. The van der Waals surface area contributed by atoms with Crippen molar-refractivity contribution in [1.29, 1.82) is 0 Å². The van der Waals surface area contributed by atoms with Gasteiger partial charge in [0.1, 0.15) is 12.1 Å². The Labute approximate surface area is 311 Å². The van der Waals surface area contributed by atoms with E-state index >= 15 is 0 Å². The Morgan fingerprint density at radius 2 is 1.69 bits per heavy atom. The van der Waals surface area contributed by atoms with E-state index in [1.165, 1.54) is 4.90 Å². The van der Waals surface area contributed by atoms with Crippen LogP contribution in [0.25, 0.3) is 0 Å². The maximum atomic E-state index is 14.7. The van der Waals surface area contributed by atoms with Crippen LogP contribution in [-0.4, -0.2) is 89.2 Å². The fourth-order valence-corrected chi connectivity index (χ4v) is 8.25. The molecule has 4 fully saturated rings. The van der Waals surface area contributed by atoms with E-state index in [4.69, 9.17) is 25.9 Å². The highest BCUT2D eigenvalue weighted by Crippen LogP contribution is 2.42. The number of ether oxygens (including phenoxy) is 2. The number of carbonyl (C=O) groups is 5. The lowest BCUT2D eigenvalue weighted by molar-refractivity contribution is -0.183. The normalized spacial score (nSPS) is 25.4. The van der Waals surface area contributed by atoms with E-state index in [0.29, 0.717) is 43.2 Å². The van der Waals surface area contributed by atoms with Gasteiger partial charge >= 0.3 is 0 Å². The Morgan fingerprint density at radius 1 is 1.00 bits per heavy atom. The third-order valence-corrected chi connectivity index (χ3v) is 11.4. The van der Waals surface area contributed by atoms with Crippen LogP contribution in [0.4, 0.5) is 0 Å². The molecule has 1 aromatic carbocycles. The van der Waals surface area contributed by atoms with E-state index in [2.05, 4.69) is 15.8 Å². The fraction of sp³-hybridized carbons (Fsp3) is 0.692. The van der Waals surface area contributed by atoms with Crippen molar-refractivity contribution in [2.75, 3.05) is 19.8 Å². The topological polar surface area (TPSA) is 153 Å². The summed E-state index contributed by atoms with van der Waals surface area (Å²) in [7, 11) is 0. The van der Waals surface area contributed by atoms with Crippen molar-refractivity contribution in [1.82, 2.24) is 15.5 Å². The number of carbonyl (C=O) groups excluding carboxylic acids is 5. The molecule has 2 saturated carbocycles. The predicted octanol–water partition coefficient (Wildman–Crippen LogP) is 4.88. The minimum absolute atomic E-state index is 0.0393. The zero-order valence-electron chi connectivity index (χ0n) is 30.8. The number of Topliss-reactive ketones (excluding diaryl/α,β-unsaturated/α-hetero) is 2. The molecule has 1 aromatic rings. The third-order valence-electron chi connectivity index (χ3n) is 11.2. The number of nitrogens with zero attached hydrogens (tertiary/aromatic N) is 2. The molecule has 3 heterocycles. The predicted molar refractivity (Wildman–Crippen MR) is 193 cm³/mol. The molecule has 52 heavy (non-hydrogen) atoms. The van der Waals surface area contributed by atoms with E-state index in [1.807, 2.05) is 39.8 Å². The molecule has 0 radical (unpaired) electrons. The molecular weight excluding hydrogens is 688 g/mol. The summed E-state index contributed by atoms with van der Waals surface area (Å²) in [6.07, 6.45) is 6.65. The number of hydrogen-bond acceptors (Lipinski definition) is 9. The summed E-state index contributed by atoms with van der Waals surface area (Å²) in [6, 6.07) is 4.27. The number of amides is 3. The summed E-state index contributed by atoms with van der Waals surface area (Å²) in [5, 5.41) is 10.8. The van der Waals surface area contributed by atoms with Gasteiger partial charge in [0, 0.05) is 49.1 Å². The molecular formula is C39H53ClN4O8. The highest BCUT2D eigenvalue weighted by atomic mass is 35.5. The van der Waals surface area contributed by atoms with Crippen LogP contribution in [0, 0.1) is 17.3 Å². The van der Waals surface area contributed by atoms with Gasteiger partial charge in [0.05, 0.1) is 31.5 Å². The first-order valence-corrected chi connectivity index (χ1v) is 19.3. The third kappa shape index (κ3) is 8.88. The second kappa shape index (κ2) is 15.6. The molecule has 284 valence electrons. The van der Waals surface area contributed by atoms with Crippen LogP contribution in [0.1, 0.15) is 110 Å². The summed E-state index contributed by atoms with van der Waals surface area (Å²) in [5.74, 6) is -2.42. The molecule has 3 amide bonds. The number of ketones is 2. The quantitative estimate of drug-likeness (QED) is 0.272. The summed E-state index contributed by atoms with van der Waals surface area (Å²) in [4.78, 5) is 76.2. The number of hydrogen-bond donors (Lipinski definition) is 2. The highest BCUT2D eigenvalue weighted by Gasteiger charge is 2.56. The zero-order chi connectivity index (χ0) is 37.3. The second-order valence-corrected chi connectivity index (χ2v) is 17.0. The van der Waals surface area contributed by atoms with Gasteiger partial charge in [-0.2, -0.15) is 0 Å². The van der Waals surface area contributed by atoms with Crippen molar-refractivity contribution >= 4 is 46.6 Å². The molecule has 4 atom stereocenters. The van der Waals surface area contributed by atoms with Crippen LogP contribution >= 0.6 is 11.6 Å². The Morgan fingerprint density at radius 3 is 2.33 bits per heavy atom. The van der Waals surface area contributed by atoms with Crippen molar-refractivity contribution in [3.63, 3.8) is 0 Å². The minimum Gasteiger partial charge on any atom is -0.387 e. The summed E-state index contributed by atoms with van der Waals surface area (Å²) >= 11 is 6.27. The standard InChI is InChI=1S/C39H53ClN4O8/c1-5-7-28(33(47)31(45)18-24-10-11-24)41-35(48)30-22-38(21-29(43-52-38)26-8-6-9-27(40)20-26)23-44(30)36(49)34(37(2,3)4)42-32(46)19-25-12-14-39(15-13-25)50-16-17-51-39/h6,8-9,20,24-25,28,30,34H,5,7,10-19,21-23H2,1-4H3,(H,41,48)(H,42,46)/t28-,30-,34+,38+/m0/s1. The van der Waals surface area contributed by atoms with Gasteiger partial charge in [0.2, 0.25) is 29.3 Å². The van der Waals surface area contributed by atoms with E-state index in [-0.39, 0.29) is 43.6 Å². The molecule has 0 aromatic heterocycles. The average Bonchev–Trinajstić information content (AvgIpc) is 3.46. The molecule has 0 bridgehead atoms. The maximum Gasteiger partial charge on any atom is 0.246 e. The Hall–Kier alpha value is -3.35. The van der Waals surface area contributed by atoms with E-state index in [9.17, 15) is 24.0 Å². The fourth-order valence-electron chi connectivity index (χ4n) is 8.06. The first kappa shape index (κ1) is 38.4. The number of oxime groups is 1. The molecule has 5 aliphatic rings. The van der Waals surface area contributed by atoms with Crippen molar-refractivity contribution in [3.8, 4) is 0 Å². The number of nitrogens with one attached hydrogen (secondary N) is 2. The van der Waals surface area contributed by atoms with Crippen molar-refractivity contribution in [2.45, 2.75) is 134 Å². The molecule has 2 spiro atoms. The van der Waals surface area contributed by atoms with Crippen molar-refractivity contribution in [3.05, 3.63) is 34.9 Å². The van der Waals surface area contributed by atoms with E-state index in [1.54, 1.807) is 12.1 Å². The van der Waals surface area contributed by atoms with Gasteiger partial charge < -0.3 is 29.8 Å². The molecule has 2 N–H and O–H groups in total. The number of halogens is 1. The highest BCUT2D eigenvalue weighted by molar-refractivity contribution is 6.39. The zero-order valence-corrected chi connectivity index (χ0v) is 31.6. The first-order valence-electron chi connectivity index (χ1n) is 19.0. The smallest absolute Gasteiger partial charge is 0.246 e. The van der Waals surface area contributed by atoms with Crippen LogP contribution in [0.2, 0.25) is 5.02 Å². The summed E-state index contributed by atoms with van der Waals surface area (Å²) in [6.45, 7) is 8.74. The lowest BCUT2D eigenvalue weighted by atomic mass is 9.82. The summed E-state index contributed by atoms with van der Waals surface area (Å²) < 4.78 is 11.7. The number of rotatable bonds is 13. The Bertz CT molecular complexity index is 1570. The first-order chi connectivity index (χ1) is 24.7. The van der Waals surface area contributed by atoms with Crippen LogP contribution in [0.3, 0.4) is 0 Å². The molecule has 3 aliphatic heterocycles. The van der Waals surface area contributed by atoms with Gasteiger partial charge in [-0.15, -0.1) is 0 Å². The molecule has 13 heteroatoms. The lowest BCUT2D eigenvalue weighted by Gasteiger charge is -2.37. The van der Waals surface area contributed by atoms with Crippen molar-refractivity contribution < 1.29 is 38.3 Å². The average molecular weight is 741 g/mol. The molecule has 2 saturated heterocycles. The van der Waals surface area contributed by atoms with Crippen LogP contribution < -0.4 is 10.6 Å². The van der Waals surface area contributed by atoms with Gasteiger partial charge in [0.25, 0.3) is 0 Å². The van der Waals surface area contributed by atoms with Crippen LogP contribution in [0.5, 0.6) is 0 Å². The lowest BCUT2D eigenvalue weighted by Crippen LogP contribution is -2.59.